The van der Waals surface area contributed by atoms with E-state index in [1.807, 2.05) is 36.6 Å². The van der Waals surface area contributed by atoms with E-state index in [4.69, 9.17) is 10.8 Å². The molecule has 11 heteroatoms. The lowest BCUT2D eigenvalue weighted by atomic mass is 10.0. The molecule has 3 atom stereocenters. The van der Waals surface area contributed by atoms with E-state index in [0.29, 0.717) is 11.3 Å². The Morgan fingerprint density at radius 3 is 2.08 bits per heavy atom. The first-order valence-corrected chi connectivity index (χ1v) is 12.8. The standard InChI is InChI=1S/C25H32N4O6S/c1-36-12-11-20(24(34)27-15-22(31)32)28-25(35)21(14-17-7-9-18(30)10-8-17)29-23(33)19(26)13-16-5-3-2-4-6-16/h2-10,19-21,30H,11-15,26H2,1H3,(H,27,34)(H,28,35)(H,29,33)(H,31,32). The van der Waals surface area contributed by atoms with E-state index < -0.39 is 48.4 Å². The van der Waals surface area contributed by atoms with Crippen LogP contribution in [0.5, 0.6) is 5.75 Å². The average Bonchev–Trinajstić information content (AvgIpc) is 2.86. The Bertz CT molecular complexity index is 1020. The number of hydrogen-bond donors (Lipinski definition) is 6. The largest absolute Gasteiger partial charge is 0.508 e. The van der Waals surface area contributed by atoms with Gasteiger partial charge in [0.15, 0.2) is 0 Å². The molecule has 2 aromatic rings. The molecule has 0 spiro atoms. The number of carboxylic acid groups (broad SMARTS) is 1. The number of aliphatic carboxylic acids is 1. The van der Waals surface area contributed by atoms with Crippen LogP contribution < -0.4 is 21.7 Å². The number of carboxylic acids is 1. The molecule has 0 fully saturated rings. The van der Waals surface area contributed by atoms with Crippen LogP contribution in [0.4, 0.5) is 0 Å². The number of thioether (sulfide) groups is 1. The van der Waals surface area contributed by atoms with E-state index in [-0.39, 0.29) is 25.0 Å². The summed E-state index contributed by atoms with van der Waals surface area (Å²) in [5.41, 5.74) is 7.63. The second-order valence-corrected chi connectivity index (χ2v) is 9.17. The SMILES string of the molecule is CSCCC(NC(=O)C(Cc1ccc(O)cc1)NC(=O)C(N)Cc1ccccc1)C(=O)NCC(=O)O. The number of amides is 3. The Morgan fingerprint density at radius 2 is 1.47 bits per heavy atom. The zero-order chi connectivity index (χ0) is 26.5. The minimum atomic E-state index is -1.21. The van der Waals surface area contributed by atoms with Gasteiger partial charge in [0.05, 0.1) is 6.04 Å². The lowest BCUT2D eigenvalue weighted by Crippen LogP contribution is -2.57. The minimum absolute atomic E-state index is 0.0564. The van der Waals surface area contributed by atoms with Crippen molar-refractivity contribution in [3.8, 4) is 5.75 Å². The molecule has 2 rings (SSSR count). The highest BCUT2D eigenvalue weighted by molar-refractivity contribution is 7.98. The Labute approximate surface area is 214 Å². The highest BCUT2D eigenvalue weighted by atomic mass is 32.2. The first-order valence-electron chi connectivity index (χ1n) is 11.4. The second-order valence-electron chi connectivity index (χ2n) is 8.18. The Morgan fingerprint density at radius 1 is 0.861 bits per heavy atom. The van der Waals surface area contributed by atoms with Crippen LogP contribution in [0.1, 0.15) is 17.5 Å². The predicted octanol–water partition coefficient (Wildman–Crippen LogP) is 0.428. The minimum Gasteiger partial charge on any atom is -0.508 e. The van der Waals surface area contributed by atoms with E-state index in [9.17, 15) is 24.3 Å². The smallest absolute Gasteiger partial charge is 0.322 e. The molecule has 7 N–H and O–H groups in total. The Kier molecular flexibility index (Phi) is 11.7. The van der Waals surface area contributed by atoms with Gasteiger partial charge in [-0.1, -0.05) is 42.5 Å². The van der Waals surface area contributed by atoms with Gasteiger partial charge in [-0.2, -0.15) is 11.8 Å². The van der Waals surface area contributed by atoms with Gasteiger partial charge in [0, 0.05) is 6.42 Å². The van der Waals surface area contributed by atoms with Crippen LogP contribution in [0.15, 0.2) is 54.6 Å². The van der Waals surface area contributed by atoms with Crippen molar-refractivity contribution in [2.24, 2.45) is 5.73 Å². The third-order valence-electron chi connectivity index (χ3n) is 5.30. The van der Waals surface area contributed by atoms with Gasteiger partial charge in [0.2, 0.25) is 17.7 Å². The molecule has 0 radical (unpaired) electrons. The molecule has 0 aromatic heterocycles. The molecule has 36 heavy (non-hydrogen) atoms. The molecule has 0 aliphatic carbocycles. The number of phenols is 1. The highest BCUT2D eigenvalue weighted by Crippen LogP contribution is 2.12. The molecule has 0 bridgehead atoms. The third-order valence-corrected chi connectivity index (χ3v) is 5.95. The lowest BCUT2D eigenvalue weighted by molar-refractivity contribution is -0.138. The molecular formula is C25H32N4O6S. The number of carbonyl (C=O) groups is 4. The van der Waals surface area contributed by atoms with Gasteiger partial charge >= 0.3 is 5.97 Å². The van der Waals surface area contributed by atoms with Gasteiger partial charge in [-0.25, -0.2) is 0 Å². The number of benzene rings is 2. The normalized spacial score (nSPS) is 13.2. The summed E-state index contributed by atoms with van der Waals surface area (Å²) >= 11 is 1.47. The van der Waals surface area contributed by atoms with Crippen molar-refractivity contribution in [1.29, 1.82) is 0 Å². The molecule has 0 heterocycles. The quantitative estimate of drug-likeness (QED) is 0.210. The zero-order valence-electron chi connectivity index (χ0n) is 20.0. The molecular weight excluding hydrogens is 484 g/mol. The first kappa shape index (κ1) is 28.7. The highest BCUT2D eigenvalue weighted by Gasteiger charge is 2.28. The summed E-state index contributed by atoms with van der Waals surface area (Å²) in [6.45, 7) is -0.577. The number of hydrogen-bond acceptors (Lipinski definition) is 7. The number of nitrogens with one attached hydrogen (secondary N) is 3. The fourth-order valence-electron chi connectivity index (χ4n) is 3.38. The van der Waals surface area contributed by atoms with Gasteiger partial charge in [-0.15, -0.1) is 0 Å². The van der Waals surface area contributed by atoms with Crippen molar-refractivity contribution in [2.45, 2.75) is 37.4 Å². The Hall–Kier alpha value is -3.57. The molecule has 3 unspecified atom stereocenters. The maximum atomic E-state index is 13.2. The zero-order valence-corrected chi connectivity index (χ0v) is 20.8. The molecule has 0 aliphatic rings. The van der Waals surface area contributed by atoms with Crippen LogP contribution >= 0.6 is 11.8 Å². The molecule has 0 saturated carbocycles. The van der Waals surface area contributed by atoms with Crippen molar-refractivity contribution in [3.63, 3.8) is 0 Å². The van der Waals surface area contributed by atoms with Crippen molar-refractivity contribution >= 4 is 35.5 Å². The third kappa shape index (κ3) is 9.96. The summed E-state index contributed by atoms with van der Waals surface area (Å²) in [6, 6.07) is 12.4. The van der Waals surface area contributed by atoms with Crippen molar-refractivity contribution in [3.05, 3.63) is 65.7 Å². The summed E-state index contributed by atoms with van der Waals surface area (Å²) in [5.74, 6) is -2.38. The van der Waals surface area contributed by atoms with E-state index in [1.165, 1.54) is 23.9 Å². The summed E-state index contributed by atoms with van der Waals surface area (Å²) < 4.78 is 0. The van der Waals surface area contributed by atoms with Gasteiger partial charge in [-0.05, 0) is 48.1 Å². The van der Waals surface area contributed by atoms with E-state index in [0.717, 1.165) is 5.56 Å². The van der Waals surface area contributed by atoms with Gasteiger partial charge in [-0.3, -0.25) is 19.2 Å². The number of carbonyl (C=O) groups excluding carboxylic acids is 3. The molecule has 3 amide bonds. The van der Waals surface area contributed by atoms with Crippen LogP contribution in [0.3, 0.4) is 0 Å². The van der Waals surface area contributed by atoms with Crippen LogP contribution in [0.2, 0.25) is 0 Å². The van der Waals surface area contributed by atoms with Gasteiger partial charge in [0.25, 0.3) is 0 Å². The molecule has 0 saturated heterocycles. The van der Waals surface area contributed by atoms with Crippen LogP contribution in [0.25, 0.3) is 0 Å². The summed E-state index contributed by atoms with van der Waals surface area (Å²) in [7, 11) is 0. The maximum Gasteiger partial charge on any atom is 0.322 e. The molecule has 10 nitrogen and oxygen atoms in total. The molecule has 0 aliphatic heterocycles. The van der Waals surface area contributed by atoms with Crippen molar-refractivity contribution < 1.29 is 29.4 Å². The average molecular weight is 517 g/mol. The maximum absolute atomic E-state index is 13.2. The molecule has 2 aromatic carbocycles. The van der Waals surface area contributed by atoms with Crippen LogP contribution in [-0.2, 0) is 32.0 Å². The summed E-state index contributed by atoms with van der Waals surface area (Å²) in [6.07, 6.45) is 2.47. The second kappa shape index (κ2) is 14.7. The summed E-state index contributed by atoms with van der Waals surface area (Å²) in [5, 5.41) is 26.0. The number of rotatable bonds is 14. The van der Waals surface area contributed by atoms with Crippen LogP contribution in [-0.4, -0.2) is 70.6 Å². The fraction of sp³-hybridized carbons (Fsp3) is 0.360. The fourth-order valence-corrected chi connectivity index (χ4v) is 3.85. The lowest BCUT2D eigenvalue weighted by Gasteiger charge is -2.24. The Balaban J connectivity index is 2.17. The van der Waals surface area contributed by atoms with E-state index in [1.54, 1.807) is 12.1 Å². The van der Waals surface area contributed by atoms with Crippen LogP contribution in [0, 0.1) is 0 Å². The van der Waals surface area contributed by atoms with Crippen molar-refractivity contribution in [1.82, 2.24) is 16.0 Å². The topological polar surface area (TPSA) is 171 Å². The monoisotopic (exact) mass is 516 g/mol. The van der Waals surface area contributed by atoms with E-state index in [2.05, 4.69) is 16.0 Å². The van der Waals surface area contributed by atoms with E-state index >= 15 is 0 Å². The molecule has 194 valence electrons. The predicted molar refractivity (Wildman–Crippen MR) is 137 cm³/mol. The van der Waals surface area contributed by atoms with Gasteiger partial charge < -0.3 is 31.9 Å². The van der Waals surface area contributed by atoms with Gasteiger partial charge in [0.1, 0.15) is 24.4 Å². The van der Waals surface area contributed by atoms with Crippen molar-refractivity contribution in [2.75, 3.05) is 18.6 Å². The number of aromatic hydroxyl groups is 1. The number of nitrogens with two attached hydrogens (primary N) is 1. The number of phenolic OH excluding ortho intramolecular Hbond substituents is 1. The summed E-state index contributed by atoms with van der Waals surface area (Å²) in [4.78, 5) is 49.4. The first-order chi connectivity index (χ1) is 17.2.